The van der Waals surface area contributed by atoms with Crippen molar-refractivity contribution in [1.29, 1.82) is 0 Å². The van der Waals surface area contributed by atoms with E-state index >= 15 is 0 Å². The van der Waals surface area contributed by atoms with Crippen molar-refractivity contribution in [2.45, 2.75) is 12.8 Å². The fourth-order valence-corrected chi connectivity index (χ4v) is 1.70. The Balaban J connectivity index is 2.08. The number of rotatable bonds is 3. The molecule has 1 aliphatic carbocycles. The fourth-order valence-electron chi connectivity index (χ4n) is 1.51. The molecule has 1 aromatic rings. The lowest BCUT2D eigenvalue weighted by Gasteiger charge is -2.16. The highest BCUT2D eigenvalue weighted by atomic mass is 35.5. The number of amides is 1. The third-order valence-corrected chi connectivity index (χ3v) is 2.90. The molecule has 2 rings (SSSR count). The number of aromatic nitrogens is 1. The molecule has 0 bridgehead atoms. The Kier molecular flexibility index (Phi) is 2.91. The summed E-state index contributed by atoms with van der Waals surface area (Å²) in [6, 6.07) is 1.64. The van der Waals surface area contributed by atoms with Crippen molar-refractivity contribution in [2.24, 2.45) is 5.92 Å². The normalized spacial score (nSPS) is 15.1. The quantitative estimate of drug-likeness (QED) is 0.789. The summed E-state index contributed by atoms with van der Waals surface area (Å²) in [7, 11) is 1.81. The zero-order valence-corrected chi connectivity index (χ0v) is 9.37. The zero-order valence-electron chi connectivity index (χ0n) is 8.61. The molecule has 3 nitrogen and oxygen atoms in total. The van der Waals surface area contributed by atoms with Gasteiger partial charge in [0.1, 0.15) is 0 Å². The maximum atomic E-state index is 11.9. The Morgan fingerprint density at radius 3 is 3.00 bits per heavy atom. The summed E-state index contributed by atoms with van der Waals surface area (Å²) < 4.78 is 0. The van der Waals surface area contributed by atoms with Crippen LogP contribution in [0.4, 0.5) is 0 Å². The minimum atomic E-state index is -0.0417. The Labute approximate surface area is 94.1 Å². The van der Waals surface area contributed by atoms with Gasteiger partial charge in [-0.3, -0.25) is 9.78 Å². The van der Waals surface area contributed by atoms with E-state index in [4.69, 9.17) is 11.6 Å². The van der Waals surface area contributed by atoms with E-state index in [-0.39, 0.29) is 5.91 Å². The summed E-state index contributed by atoms with van der Waals surface area (Å²) in [5.41, 5.74) is 0.488. The van der Waals surface area contributed by atoms with Crippen molar-refractivity contribution in [3.63, 3.8) is 0 Å². The predicted molar refractivity (Wildman–Crippen MR) is 58.9 cm³/mol. The van der Waals surface area contributed by atoms with Crippen LogP contribution < -0.4 is 0 Å². The van der Waals surface area contributed by atoms with Crippen LogP contribution in [0.2, 0.25) is 5.02 Å². The number of halogens is 1. The van der Waals surface area contributed by atoms with Crippen molar-refractivity contribution in [1.82, 2.24) is 9.88 Å². The van der Waals surface area contributed by atoms with Crippen LogP contribution in [0.1, 0.15) is 23.2 Å². The highest BCUT2D eigenvalue weighted by molar-refractivity contribution is 6.33. The second-order valence-electron chi connectivity index (χ2n) is 3.98. The van der Waals surface area contributed by atoms with Crippen LogP contribution in [0.25, 0.3) is 0 Å². The average molecular weight is 225 g/mol. The van der Waals surface area contributed by atoms with Gasteiger partial charge in [-0.05, 0) is 24.8 Å². The first-order chi connectivity index (χ1) is 7.18. The second kappa shape index (κ2) is 4.19. The molecule has 0 N–H and O–H groups in total. The Bertz CT molecular complexity index is 377. The van der Waals surface area contributed by atoms with E-state index in [2.05, 4.69) is 4.98 Å². The van der Waals surface area contributed by atoms with Crippen LogP contribution in [-0.4, -0.2) is 29.4 Å². The lowest BCUT2D eigenvalue weighted by atomic mass is 10.2. The SMILES string of the molecule is CN(CC1CC1)C(=O)c1cnccc1Cl. The highest BCUT2D eigenvalue weighted by Crippen LogP contribution is 2.29. The van der Waals surface area contributed by atoms with Crippen molar-refractivity contribution in [3.8, 4) is 0 Å². The molecule has 0 aliphatic heterocycles. The molecule has 1 aliphatic rings. The standard InChI is InChI=1S/C11H13ClN2O/c1-14(7-8-2-3-8)11(15)9-6-13-5-4-10(9)12/h4-6,8H,2-3,7H2,1H3. The fraction of sp³-hybridized carbons (Fsp3) is 0.455. The van der Waals surface area contributed by atoms with Crippen LogP contribution in [0.5, 0.6) is 0 Å². The maximum Gasteiger partial charge on any atom is 0.256 e. The van der Waals surface area contributed by atoms with Gasteiger partial charge in [0.25, 0.3) is 5.91 Å². The number of hydrogen-bond donors (Lipinski definition) is 0. The van der Waals surface area contributed by atoms with E-state index in [1.54, 1.807) is 17.2 Å². The van der Waals surface area contributed by atoms with E-state index in [1.807, 2.05) is 7.05 Å². The van der Waals surface area contributed by atoms with Gasteiger partial charge < -0.3 is 4.90 Å². The number of carbonyl (C=O) groups excluding carboxylic acids is 1. The lowest BCUT2D eigenvalue weighted by molar-refractivity contribution is 0.0788. The van der Waals surface area contributed by atoms with E-state index < -0.39 is 0 Å². The van der Waals surface area contributed by atoms with Crippen molar-refractivity contribution in [2.75, 3.05) is 13.6 Å². The van der Waals surface area contributed by atoms with Gasteiger partial charge in [0.2, 0.25) is 0 Å². The number of carbonyl (C=O) groups is 1. The third-order valence-electron chi connectivity index (χ3n) is 2.57. The van der Waals surface area contributed by atoms with E-state index in [0.29, 0.717) is 16.5 Å². The van der Waals surface area contributed by atoms with E-state index in [0.717, 1.165) is 6.54 Å². The third kappa shape index (κ3) is 2.48. The van der Waals surface area contributed by atoms with Gasteiger partial charge in [-0.1, -0.05) is 11.6 Å². The molecule has 1 saturated carbocycles. The molecule has 0 aromatic carbocycles. The van der Waals surface area contributed by atoms with Gasteiger partial charge in [0.05, 0.1) is 10.6 Å². The summed E-state index contributed by atoms with van der Waals surface area (Å²) in [5.74, 6) is 0.648. The maximum absolute atomic E-state index is 11.9. The molecule has 0 saturated heterocycles. The van der Waals surface area contributed by atoms with Gasteiger partial charge in [0, 0.05) is 26.0 Å². The molecule has 1 aromatic heterocycles. The van der Waals surface area contributed by atoms with E-state index in [1.165, 1.54) is 19.0 Å². The van der Waals surface area contributed by atoms with E-state index in [9.17, 15) is 4.79 Å². The van der Waals surface area contributed by atoms with Crippen molar-refractivity contribution in [3.05, 3.63) is 29.0 Å². The van der Waals surface area contributed by atoms with Crippen molar-refractivity contribution < 1.29 is 4.79 Å². The number of nitrogens with zero attached hydrogens (tertiary/aromatic N) is 2. The molecule has 0 spiro atoms. The summed E-state index contributed by atoms with van der Waals surface area (Å²) in [6.07, 6.45) is 5.57. The van der Waals surface area contributed by atoms with Crippen LogP contribution >= 0.6 is 11.6 Å². The molecule has 1 amide bonds. The summed E-state index contributed by atoms with van der Waals surface area (Å²) in [6.45, 7) is 0.823. The molecular formula is C11H13ClN2O. The molecule has 1 heterocycles. The number of pyridine rings is 1. The van der Waals surface area contributed by atoms with Crippen LogP contribution in [0.3, 0.4) is 0 Å². The minimum Gasteiger partial charge on any atom is -0.341 e. The second-order valence-corrected chi connectivity index (χ2v) is 4.39. The largest absolute Gasteiger partial charge is 0.341 e. The summed E-state index contributed by atoms with van der Waals surface area (Å²) in [5, 5.41) is 0.470. The monoisotopic (exact) mass is 224 g/mol. The van der Waals surface area contributed by atoms with Gasteiger partial charge in [-0.25, -0.2) is 0 Å². The zero-order chi connectivity index (χ0) is 10.8. The Hall–Kier alpha value is -1.09. The Morgan fingerprint density at radius 2 is 2.40 bits per heavy atom. The molecular weight excluding hydrogens is 212 g/mol. The first kappa shape index (κ1) is 10.4. The smallest absolute Gasteiger partial charge is 0.256 e. The minimum absolute atomic E-state index is 0.0417. The van der Waals surface area contributed by atoms with Gasteiger partial charge >= 0.3 is 0 Å². The van der Waals surface area contributed by atoms with Gasteiger partial charge in [-0.2, -0.15) is 0 Å². The molecule has 0 unspecified atom stereocenters. The molecule has 0 atom stereocenters. The number of hydrogen-bond acceptors (Lipinski definition) is 2. The van der Waals surface area contributed by atoms with Crippen LogP contribution in [-0.2, 0) is 0 Å². The summed E-state index contributed by atoms with van der Waals surface area (Å²) in [4.78, 5) is 17.6. The van der Waals surface area contributed by atoms with Crippen LogP contribution in [0.15, 0.2) is 18.5 Å². The molecule has 0 radical (unpaired) electrons. The van der Waals surface area contributed by atoms with Crippen LogP contribution in [0, 0.1) is 5.92 Å². The molecule has 4 heteroatoms. The highest BCUT2D eigenvalue weighted by Gasteiger charge is 2.25. The summed E-state index contributed by atoms with van der Waals surface area (Å²) >= 11 is 5.93. The van der Waals surface area contributed by atoms with Crippen molar-refractivity contribution >= 4 is 17.5 Å². The first-order valence-corrected chi connectivity index (χ1v) is 5.41. The topological polar surface area (TPSA) is 33.2 Å². The lowest BCUT2D eigenvalue weighted by Crippen LogP contribution is -2.29. The molecule has 1 fully saturated rings. The molecule has 15 heavy (non-hydrogen) atoms. The molecule has 80 valence electrons. The first-order valence-electron chi connectivity index (χ1n) is 5.03. The average Bonchev–Trinajstić information content (AvgIpc) is 3.01. The Morgan fingerprint density at radius 1 is 1.67 bits per heavy atom. The van der Waals surface area contributed by atoms with Gasteiger partial charge in [0.15, 0.2) is 0 Å². The predicted octanol–water partition coefficient (Wildman–Crippen LogP) is 2.22. The van der Waals surface area contributed by atoms with Gasteiger partial charge in [-0.15, -0.1) is 0 Å².